The van der Waals surface area contributed by atoms with Crippen molar-refractivity contribution in [1.29, 1.82) is 0 Å². The van der Waals surface area contributed by atoms with Crippen LogP contribution in [0.1, 0.15) is 15.9 Å². The van der Waals surface area contributed by atoms with E-state index in [0.29, 0.717) is 12.0 Å². The summed E-state index contributed by atoms with van der Waals surface area (Å²) in [5.74, 6) is 0.0311. The number of para-hydroxylation sites is 1. The van der Waals surface area contributed by atoms with Gasteiger partial charge in [0.2, 0.25) is 0 Å². The molecule has 0 aliphatic rings. The highest BCUT2D eigenvalue weighted by atomic mass is 16.3. The number of hydrogen-bond donors (Lipinski definition) is 0. The van der Waals surface area contributed by atoms with Gasteiger partial charge in [-0.25, -0.2) is 4.68 Å². The van der Waals surface area contributed by atoms with Crippen molar-refractivity contribution in [2.75, 3.05) is 0 Å². The van der Waals surface area contributed by atoms with Crippen LogP contribution in [0.3, 0.4) is 0 Å². The van der Waals surface area contributed by atoms with Crippen LogP contribution in [0.4, 0.5) is 0 Å². The molecule has 0 amide bonds. The van der Waals surface area contributed by atoms with Crippen LogP contribution in [0.5, 0.6) is 0 Å². The molecule has 94 valence electrons. The molecule has 0 bridgehead atoms. The van der Waals surface area contributed by atoms with Gasteiger partial charge >= 0.3 is 0 Å². The van der Waals surface area contributed by atoms with E-state index in [2.05, 4.69) is 5.10 Å². The number of ketones is 1. The minimum absolute atomic E-state index is 0.0311. The Morgan fingerprint density at radius 1 is 1.21 bits per heavy atom. The molecule has 19 heavy (non-hydrogen) atoms. The highest BCUT2D eigenvalue weighted by Crippen LogP contribution is 2.11. The van der Waals surface area contributed by atoms with Crippen molar-refractivity contribution in [3.63, 3.8) is 0 Å². The predicted octanol–water partition coefficient (Wildman–Crippen LogP) is 2.89. The van der Waals surface area contributed by atoms with E-state index in [9.17, 15) is 4.79 Å². The Kier molecular flexibility index (Phi) is 2.98. The average molecular weight is 252 g/mol. The molecule has 3 rings (SSSR count). The molecule has 0 aliphatic carbocycles. The first kappa shape index (κ1) is 11.5. The summed E-state index contributed by atoms with van der Waals surface area (Å²) >= 11 is 0. The summed E-state index contributed by atoms with van der Waals surface area (Å²) in [5.41, 5.74) is 2.41. The third kappa shape index (κ3) is 2.47. The van der Waals surface area contributed by atoms with Gasteiger partial charge in [-0.2, -0.15) is 5.10 Å². The van der Waals surface area contributed by atoms with Gasteiger partial charge in [-0.15, -0.1) is 0 Å². The fourth-order valence-electron chi connectivity index (χ4n) is 1.87. The molecule has 0 unspecified atom stereocenters. The van der Waals surface area contributed by atoms with E-state index < -0.39 is 0 Å². The summed E-state index contributed by atoms with van der Waals surface area (Å²) < 4.78 is 6.65. The molecule has 0 N–H and O–H groups in total. The largest absolute Gasteiger partial charge is 0.472 e. The summed E-state index contributed by atoms with van der Waals surface area (Å²) in [6.07, 6.45) is 6.82. The van der Waals surface area contributed by atoms with E-state index in [1.54, 1.807) is 35.7 Å². The molecule has 0 saturated carbocycles. The van der Waals surface area contributed by atoms with Gasteiger partial charge < -0.3 is 4.42 Å². The number of carbonyl (C=O) groups is 1. The molecule has 2 heterocycles. The fourth-order valence-corrected chi connectivity index (χ4v) is 1.87. The van der Waals surface area contributed by atoms with Crippen LogP contribution >= 0.6 is 0 Å². The summed E-state index contributed by atoms with van der Waals surface area (Å²) in [4.78, 5) is 12.1. The second-order valence-electron chi connectivity index (χ2n) is 4.24. The van der Waals surface area contributed by atoms with Crippen molar-refractivity contribution >= 4 is 5.78 Å². The number of Topliss-reactive ketones (excluding diaryl/α,β-unsaturated/α-hetero) is 1. The van der Waals surface area contributed by atoms with Crippen LogP contribution in [-0.2, 0) is 6.42 Å². The number of carbonyl (C=O) groups excluding carboxylic acids is 1. The molecule has 0 atom stereocenters. The topological polar surface area (TPSA) is 48.0 Å². The number of furan rings is 1. The normalized spacial score (nSPS) is 10.5. The lowest BCUT2D eigenvalue weighted by atomic mass is 10.1. The van der Waals surface area contributed by atoms with Crippen LogP contribution < -0.4 is 0 Å². The van der Waals surface area contributed by atoms with Crippen molar-refractivity contribution < 1.29 is 9.21 Å². The Balaban J connectivity index is 1.80. The van der Waals surface area contributed by atoms with Gasteiger partial charge in [0.05, 0.1) is 30.0 Å². The maximum absolute atomic E-state index is 12.1. The Labute approximate surface area is 110 Å². The lowest BCUT2D eigenvalue weighted by Gasteiger charge is -1.99. The van der Waals surface area contributed by atoms with Crippen molar-refractivity contribution in [2.45, 2.75) is 6.42 Å². The summed E-state index contributed by atoms with van der Waals surface area (Å²) in [7, 11) is 0. The SMILES string of the molecule is O=C(Cc1ccoc1)c1cnn(-c2ccccc2)c1. The molecular weight excluding hydrogens is 240 g/mol. The van der Waals surface area contributed by atoms with E-state index in [4.69, 9.17) is 4.42 Å². The van der Waals surface area contributed by atoms with Crippen molar-refractivity contribution in [2.24, 2.45) is 0 Å². The first-order chi connectivity index (χ1) is 9.33. The van der Waals surface area contributed by atoms with Crippen LogP contribution in [0.15, 0.2) is 65.7 Å². The molecule has 0 radical (unpaired) electrons. The van der Waals surface area contributed by atoms with Gasteiger partial charge in [-0.1, -0.05) is 18.2 Å². The highest BCUT2D eigenvalue weighted by molar-refractivity contribution is 5.97. The van der Waals surface area contributed by atoms with E-state index in [1.165, 1.54) is 0 Å². The summed E-state index contributed by atoms with van der Waals surface area (Å²) in [6, 6.07) is 11.5. The van der Waals surface area contributed by atoms with Crippen LogP contribution in [-0.4, -0.2) is 15.6 Å². The highest BCUT2D eigenvalue weighted by Gasteiger charge is 2.10. The molecular formula is C15H12N2O2. The summed E-state index contributed by atoms with van der Waals surface area (Å²) in [5, 5.41) is 4.21. The monoisotopic (exact) mass is 252 g/mol. The Morgan fingerprint density at radius 3 is 2.79 bits per heavy atom. The Hall–Kier alpha value is -2.62. The zero-order valence-electron chi connectivity index (χ0n) is 10.2. The van der Waals surface area contributed by atoms with E-state index in [1.807, 2.05) is 30.3 Å². The lowest BCUT2D eigenvalue weighted by molar-refractivity contribution is 0.0992. The summed E-state index contributed by atoms with van der Waals surface area (Å²) in [6.45, 7) is 0. The molecule has 1 aromatic carbocycles. The number of nitrogens with zero attached hydrogens (tertiary/aromatic N) is 2. The second kappa shape index (κ2) is 4.94. The first-order valence-corrected chi connectivity index (χ1v) is 5.97. The van der Waals surface area contributed by atoms with Gasteiger partial charge in [0.1, 0.15) is 0 Å². The quantitative estimate of drug-likeness (QED) is 0.671. The average Bonchev–Trinajstić information content (AvgIpc) is 3.10. The zero-order chi connectivity index (χ0) is 13.1. The van der Waals surface area contributed by atoms with E-state index in [-0.39, 0.29) is 5.78 Å². The standard InChI is InChI=1S/C15H12N2O2/c18-15(8-12-6-7-19-11-12)13-9-16-17(10-13)14-4-2-1-3-5-14/h1-7,9-11H,8H2. The van der Waals surface area contributed by atoms with Gasteiger partial charge in [-0.05, 0) is 23.8 Å². The second-order valence-corrected chi connectivity index (χ2v) is 4.24. The Morgan fingerprint density at radius 2 is 2.05 bits per heavy atom. The molecule has 0 spiro atoms. The van der Waals surface area contributed by atoms with Crippen molar-refractivity contribution in [3.8, 4) is 5.69 Å². The molecule has 0 aliphatic heterocycles. The van der Waals surface area contributed by atoms with Crippen molar-refractivity contribution in [3.05, 3.63) is 72.4 Å². The smallest absolute Gasteiger partial charge is 0.170 e. The van der Waals surface area contributed by atoms with Gasteiger partial charge in [-0.3, -0.25) is 4.79 Å². The third-order valence-electron chi connectivity index (χ3n) is 2.87. The molecule has 0 fully saturated rings. The van der Waals surface area contributed by atoms with Crippen molar-refractivity contribution in [1.82, 2.24) is 9.78 Å². The minimum Gasteiger partial charge on any atom is -0.472 e. The van der Waals surface area contributed by atoms with Crippen LogP contribution in [0.2, 0.25) is 0 Å². The maximum Gasteiger partial charge on any atom is 0.170 e. The Bertz CT molecular complexity index is 669. The van der Waals surface area contributed by atoms with Crippen LogP contribution in [0.25, 0.3) is 5.69 Å². The fraction of sp³-hybridized carbons (Fsp3) is 0.0667. The molecule has 4 nitrogen and oxygen atoms in total. The number of benzene rings is 1. The predicted molar refractivity (Wildman–Crippen MR) is 70.3 cm³/mol. The molecule has 0 saturated heterocycles. The van der Waals surface area contributed by atoms with Gasteiger partial charge in [0.25, 0.3) is 0 Å². The first-order valence-electron chi connectivity index (χ1n) is 5.97. The van der Waals surface area contributed by atoms with E-state index in [0.717, 1.165) is 11.3 Å². The molecule has 3 aromatic rings. The number of aromatic nitrogens is 2. The number of hydrogen-bond acceptors (Lipinski definition) is 3. The third-order valence-corrected chi connectivity index (χ3v) is 2.87. The lowest BCUT2D eigenvalue weighted by Crippen LogP contribution is -2.01. The van der Waals surface area contributed by atoms with Crippen LogP contribution in [0, 0.1) is 0 Å². The number of rotatable bonds is 4. The van der Waals surface area contributed by atoms with E-state index >= 15 is 0 Å². The molecule has 2 aromatic heterocycles. The van der Waals surface area contributed by atoms with Gasteiger partial charge in [0.15, 0.2) is 5.78 Å². The molecule has 4 heteroatoms. The zero-order valence-corrected chi connectivity index (χ0v) is 10.2. The maximum atomic E-state index is 12.1. The van der Waals surface area contributed by atoms with Gasteiger partial charge in [0, 0.05) is 12.6 Å². The minimum atomic E-state index is 0.0311.